The molecule has 1 fully saturated rings. The maximum Gasteiger partial charge on any atom is 0.0476 e. The predicted octanol–water partition coefficient (Wildman–Crippen LogP) is 2.60. The van der Waals surface area contributed by atoms with Gasteiger partial charge in [0, 0.05) is 29.9 Å². The summed E-state index contributed by atoms with van der Waals surface area (Å²) in [4.78, 5) is 2.72. The van der Waals surface area contributed by atoms with Gasteiger partial charge in [-0.15, -0.1) is 0 Å². The highest BCUT2D eigenvalue weighted by Crippen LogP contribution is 2.22. The highest BCUT2D eigenvalue weighted by molar-refractivity contribution is 7.99. The molecule has 0 N–H and O–H groups in total. The lowest BCUT2D eigenvalue weighted by Crippen LogP contribution is -2.17. The fraction of sp³-hybridized carbons (Fsp3) is 1.00. The van der Waals surface area contributed by atoms with E-state index in [4.69, 9.17) is 10.3 Å². The van der Waals surface area contributed by atoms with E-state index in [1.807, 2.05) is 11.8 Å². The van der Waals surface area contributed by atoms with Gasteiger partial charge in [-0.3, -0.25) is 0 Å². The SMILES string of the molecule is [N-]=[N+]=NCCCSC1CCOCC1. The van der Waals surface area contributed by atoms with Crippen molar-refractivity contribution in [3.05, 3.63) is 10.4 Å². The molecule has 1 rings (SSSR count). The first-order valence-electron chi connectivity index (χ1n) is 4.63. The van der Waals surface area contributed by atoms with E-state index in [9.17, 15) is 0 Å². The normalized spacial score (nSPS) is 18.2. The zero-order valence-electron chi connectivity index (χ0n) is 7.69. The molecule has 1 saturated heterocycles. The number of rotatable bonds is 5. The molecule has 0 amide bonds. The molecule has 0 aromatic carbocycles. The van der Waals surface area contributed by atoms with Crippen LogP contribution < -0.4 is 0 Å². The Kier molecular flexibility index (Phi) is 5.81. The summed E-state index contributed by atoms with van der Waals surface area (Å²) in [6, 6.07) is 0. The molecule has 0 saturated carbocycles. The van der Waals surface area contributed by atoms with Crippen LogP contribution in [0.15, 0.2) is 5.11 Å². The first kappa shape index (κ1) is 10.7. The number of azide groups is 1. The van der Waals surface area contributed by atoms with Crippen molar-refractivity contribution in [3.63, 3.8) is 0 Å². The molecule has 1 heterocycles. The van der Waals surface area contributed by atoms with Gasteiger partial charge in [0.15, 0.2) is 0 Å². The van der Waals surface area contributed by atoms with E-state index in [1.165, 1.54) is 12.8 Å². The maximum atomic E-state index is 8.05. The van der Waals surface area contributed by atoms with Crippen molar-refractivity contribution >= 4 is 11.8 Å². The minimum atomic E-state index is 0.632. The van der Waals surface area contributed by atoms with Crippen molar-refractivity contribution in [1.82, 2.24) is 0 Å². The summed E-state index contributed by atoms with van der Waals surface area (Å²) in [6.45, 7) is 2.45. The summed E-state index contributed by atoms with van der Waals surface area (Å²) in [5.41, 5.74) is 8.05. The van der Waals surface area contributed by atoms with Crippen LogP contribution in [-0.4, -0.2) is 30.8 Å². The summed E-state index contributed by atoms with van der Waals surface area (Å²) in [5, 5.41) is 4.26. The highest BCUT2D eigenvalue weighted by atomic mass is 32.2. The average molecular weight is 201 g/mol. The number of thioether (sulfide) groups is 1. The molecule has 0 unspecified atom stereocenters. The minimum Gasteiger partial charge on any atom is -0.381 e. The van der Waals surface area contributed by atoms with Crippen LogP contribution in [0.5, 0.6) is 0 Å². The molecular weight excluding hydrogens is 186 g/mol. The average Bonchev–Trinajstić information content (AvgIpc) is 2.19. The van der Waals surface area contributed by atoms with Crippen LogP contribution in [0.3, 0.4) is 0 Å². The van der Waals surface area contributed by atoms with Crippen LogP contribution in [0.1, 0.15) is 19.3 Å². The molecule has 0 spiro atoms. The van der Waals surface area contributed by atoms with Crippen LogP contribution >= 0.6 is 11.8 Å². The van der Waals surface area contributed by atoms with Gasteiger partial charge in [-0.25, -0.2) is 0 Å². The van der Waals surface area contributed by atoms with Gasteiger partial charge in [-0.1, -0.05) is 5.11 Å². The number of nitrogens with zero attached hydrogens (tertiary/aromatic N) is 3. The van der Waals surface area contributed by atoms with Crippen molar-refractivity contribution in [1.29, 1.82) is 0 Å². The van der Waals surface area contributed by atoms with Gasteiger partial charge in [-0.2, -0.15) is 11.8 Å². The van der Waals surface area contributed by atoms with Crippen molar-refractivity contribution in [2.75, 3.05) is 25.5 Å². The number of ether oxygens (including phenoxy) is 1. The van der Waals surface area contributed by atoms with Gasteiger partial charge in [0.05, 0.1) is 0 Å². The van der Waals surface area contributed by atoms with Crippen LogP contribution in [0, 0.1) is 0 Å². The van der Waals surface area contributed by atoms with Crippen LogP contribution in [0.2, 0.25) is 0 Å². The van der Waals surface area contributed by atoms with E-state index >= 15 is 0 Å². The zero-order valence-corrected chi connectivity index (χ0v) is 8.50. The van der Waals surface area contributed by atoms with Gasteiger partial charge < -0.3 is 4.74 Å². The Bertz CT molecular complexity index is 176. The maximum absolute atomic E-state index is 8.05. The number of hydrogen-bond acceptors (Lipinski definition) is 3. The van der Waals surface area contributed by atoms with Gasteiger partial charge in [0.25, 0.3) is 0 Å². The van der Waals surface area contributed by atoms with Gasteiger partial charge >= 0.3 is 0 Å². The van der Waals surface area contributed by atoms with Gasteiger partial charge in [0.2, 0.25) is 0 Å². The smallest absolute Gasteiger partial charge is 0.0476 e. The van der Waals surface area contributed by atoms with Crippen LogP contribution in [0.4, 0.5) is 0 Å². The Hall–Kier alpha value is -0.380. The van der Waals surface area contributed by atoms with E-state index in [1.54, 1.807) is 0 Å². The summed E-state index contributed by atoms with van der Waals surface area (Å²) in [6.07, 6.45) is 3.34. The first-order chi connectivity index (χ1) is 6.43. The Morgan fingerprint density at radius 3 is 2.92 bits per heavy atom. The third kappa shape index (κ3) is 5.03. The predicted molar refractivity (Wildman–Crippen MR) is 54.9 cm³/mol. The molecule has 74 valence electrons. The molecule has 0 radical (unpaired) electrons. The molecule has 1 aliphatic rings. The standard InChI is InChI=1S/C8H15N3OS/c9-11-10-4-1-7-13-8-2-5-12-6-3-8/h8H,1-7H2. The Morgan fingerprint density at radius 1 is 1.46 bits per heavy atom. The molecule has 0 aromatic rings. The molecule has 0 bridgehead atoms. The largest absolute Gasteiger partial charge is 0.381 e. The van der Waals surface area contributed by atoms with E-state index in [2.05, 4.69) is 10.0 Å². The lowest BCUT2D eigenvalue weighted by atomic mass is 10.2. The summed E-state index contributed by atoms with van der Waals surface area (Å²) in [5.74, 6) is 1.10. The zero-order chi connectivity index (χ0) is 9.36. The van der Waals surface area contributed by atoms with E-state index in [-0.39, 0.29) is 0 Å². The molecule has 5 heteroatoms. The lowest BCUT2D eigenvalue weighted by Gasteiger charge is -2.21. The summed E-state index contributed by atoms with van der Waals surface area (Å²) < 4.78 is 5.26. The second-order valence-electron chi connectivity index (χ2n) is 2.99. The minimum absolute atomic E-state index is 0.632. The summed E-state index contributed by atoms with van der Waals surface area (Å²) >= 11 is 1.98. The molecular formula is C8H15N3OS. The fourth-order valence-electron chi connectivity index (χ4n) is 1.27. The van der Waals surface area contributed by atoms with E-state index in [0.717, 1.165) is 30.6 Å². The Morgan fingerprint density at radius 2 is 2.23 bits per heavy atom. The molecule has 0 atom stereocenters. The topological polar surface area (TPSA) is 58.0 Å². The third-order valence-corrected chi connectivity index (χ3v) is 3.45. The third-order valence-electron chi connectivity index (χ3n) is 1.99. The lowest BCUT2D eigenvalue weighted by molar-refractivity contribution is 0.100. The molecule has 0 aliphatic carbocycles. The second kappa shape index (κ2) is 7.06. The number of hydrogen-bond donors (Lipinski definition) is 0. The fourth-order valence-corrected chi connectivity index (χ4v) is 2.43. The van der Waals surface area contributed by atoms with Crippen LogP contribution in [-0.2, 0) is 4.74 Å². The molecule has 0 aromatic heterocycles. The molecule has 1 aliphatic heterocycles. The molecule has 13 heavy (non-hydrogen) atoms. The van der Waals surface area contributed by atoms with Crippen molar-refractivity contribution in [2.45, 2.75) is 24.5 Å². The first-order valence-corrected chi connectivity index (χ1v) is 5.68. The Labute approximate surface area is 82.7 Å². The Balaban J connectivity index is 1.94. The van der Waals surface area contributed by atoms with E-state index in [0.29, 0.717) is 6.54 Å². The quantitative estimate of drug-likeness (QED) is 0.297. The highest BCUT2D eigenvalue weighted by Gasteiger charge is 2.12. The second-order valence-corrected chi connectivity index (χ2v) is 4.40. The van der Waals surface area contributed by atoms with Gasteiger partial charge in [0.1, 0.15) is 0 Å². The van der Waals surface area contributed by atoms with E-state index < -0.39 is 0 Å². The molecule has 4 nitrogen and oxygen atoms in total. The van der Waals surface area contributed by atoms with Crippen molar-refractivity contribution in [3.8, 4) is 0 Å². The van der Waals surface area contributed by atoms with Crippen molar-refractivity contribution < 1.29 is 4.74 Å². The summed E-state index contributed by atoms with van der Waals surface area (Å²) in [7, 11) is 0. The monoisotopic (exact) mass is 201 g/mol. The van der Waals surface area contributed by atoms with Crippen molar-refractivity contribution in [2.24, 2.45) is 5.11 Å². The van der Waals surface area contributed by atoms with Crippen LogP contribution in [0.25, 0.3) is 10.4 Å². The van der Waals surface area contributed by atoms with Gasteiger partial charge in [-0.05, 0) is 30.5 Å².